The summed E-state index contributed by atoms with van der Waals surface area (Å²) in [6.45, 7) is 6.86. The number of ether oxygens (including phenoxy) is 2. The third-order valence-electron chi connectivity index (χ3n) is 3.24. The molecule has 0 unspecified atom stereocenters. The Morgan fingerprint density at radius 2 is 1.88 bits per heavy atom. The summed E-state index contributed by atoms with van der Waals surface area (Å²) in [5.41, 5.74) is 2.35. The SMILES string of the molecule is CC(C)(C)Oc1nc(COCc2ccccc2)[nH]c2c(Br)cnc1-2. The van der Waals surface area contributed by atoms with Crippen molar-refractivity contribution in [1.29, 1.82) is 0 Å². The van der Waals surface area contributed by atoms with Crippen LogP contribution in [0, 0.1) is 0 Å². The van der Waals surface area contributed by atoms with Crippen LogP contribution in [0.2, 0.25) is 0 Å². The molecule has 0 fully saturated rings. The van der Waals surface area contributed by atoms with Crippen molar-refractivity contribution in [3.63, 3.8) is 0 Å². The average Bonchev–Trinajstić information content (AvgIpc) is 2.89. The molecule has 126 valence electrons. The van der Waals surface area contributed by atoms with Crippen molar-refractivity contribution in [2.24, 2.45) is 0 Å². The van der Waals surface area contributed by atoms with Crippen LogP contribution >= 0.6 is 15.9 Å². The molecule has 1 N–H and O–H groups in total. The molecule has 0 bridgehead atoms. The van der Waals surface area contributed by atoms with E-state index in [1.807, 2.05) is 51.1 Å². The zero-order chi connectivity index (χ0) is 17.2. The standard InChI is InChI=1S/C18H20BrN3O2/c1-18(2,3)24-17-16-15(13(19)9-20-16)21-14(22-17)11-23-10-12-7-5-4-6-8-12/h4-9H,10-11H2,1-3H3,(H,21,22). The lowest BCUT2D eigenvalue weighted by Gasteiger charge is -2.22. The number of hydrogen-bond acceptors (Lipinski definition) is 4. The third kappa shape index (κ3) is 4.13. The van der Waals surface area contributed by atoms with Crippen molar-refractivity contribution in [1.82, 2.24) is 15.0 Å². The fourth-order valence-electron chi connectivity index (χ4n) is 2.26. The predicted molar refractivity (Wildman–Crippen MR) is 96.0 cm³/mol. The number of nitrogens with zero attached hydrogens (tertiary/aromatic N) is 2. The Balaban J connectivity index is 1.79. The van der Waals surface area contributed by atoms with Crippen molar-refractivity contribution < 1.29 is 9.47 Å². The van der Waals surface area contributed by atoms with Gasteiger partial charge < -0.3 is 14.5 Å². The van der Waals surface area contributed by atoms with Crippen LogP contribution in [0.1, 0.15) is 32.2 Å². The molecular formula is C18H20BrN3O2. The van der Waals surface area contributed by atoms with Crippen molar-refractivity contribution in [2.45, 2.75) is 39.6 Å². The minimum absolute atomic E-state index is 0.352. The van der Waals surface area contributed by atoms with Gasteiger partial charge in [-0.05, 0) is 42.3 Å². The molecular weight excluding hydrogens is 370 g/mol. The molecule has 1 aromatic carbocycles. The van der Waals surface area contributed by atoms with E-state index < -0.39 is 0 Å². The van der Waals surface area contributed by atoms with Gasteiger partial charge in [0.25, 0.3) is 0 Å². The van der Waals surface area contributed by atoms with E-state index in [0.717, 1.165) is 15.7 Å². The van der Waals surface area contributed by atoms with Gasteiger partial charge in [0.15, 0.2) is 0 Å². The van der Waals surface area contributed by atoms with Crippen molar-refractivity contribution in [3.8, 4) is 17.3 Å². The number of fused-ring (bicyclic) bond motifs is 1. The molecule has 5 nitrogen and oxygen atoms in total. The molecule has 2 heterocycles. The van der Waals surface area contributed by atoms with Gasteiger partial charge in [-0.2, -0.15) is 4.98 Å². The number of rotatable bonds is 5. The largest absolute Gasteiger partial charge is 0.470 e. The van der Waals surface area contributed by atoms with Crippen LogP contribution < -0.4 is 4.74 Å². The van der Waals surface area contributed by atoms with Gasteiger partial charge in [-0.25, -0.2) is 4.98 Å². The first-order valence-corrected chi connectivity index (χ1v) is 8.55. The average molecular weight is 390 g/mol. The van der Waals surface area contributed by atoms with Crippen LogP contribution in [0.3, 0.4) is 0 Å². The van der Waals surface area contributed by atoms with Gasteiger partial charge in [-0.3, -0.25) is 0 Å². The highest BCUT2D eigenvalue weighted by atomic mass is 79.9. The molecule has 6 heteroatoms. The van der Waals surface area contributed by atoms with Gasteiger partial charge in [0.05, 0.1) is 16.8 Å². The van der Waals surface area contributed by atoms with E-state index in [4.69, 9.17) is 9.47 Å². The lowest BCUT2D eigenvalue weighted by Crippen LogP contribution is -2.24. The van der Waals surface area contributed by atoms with Gasteiger partial charge in [-0.15, -0.1) is 0 Å². The Kier molecular flexibility index (Phi) is 4.87. The first-order valence-electron chi connectivity index (χ1n) is 7.76. The molecule has 0 spiro atoms. The Bertz CT molecular complexity index is 781. The summed E-state index contributed by atoms with van der Waals surface area (Å²) in [7, 11) is 0. The number of aromatic nitrogens is 3. The molecule has 0 aliphatic carbocycles. The highest BCUT2D eigenvalue weighted by Crippen LogP contribution is 2.35. The van der Waals surface area contributed by atoms with Crippen molar-refractivity contribution in [3.05, 3.63) is 52.4 Å². The summed E-state index contributed by atoms with van der Waals surface area (Å²) in [5, 5.41) is 0. The molecule has 0 atom stereocenters. The number of nitrogens with one attached hydrogen (secondary N) is 1. The molecule has 0 aromatic heterocycles. The highest BCUT2D eigenvalue weighted by Gasteiger charge is 2.23. The second kappa shape index (κ2) is 6.91. The zero-order valence-corrected chi connectivity index (χ0v) is 15.6. The number of halogens is 1. The summed E-state index contributed by atoms with van der Waals surface area (Å²) in [6, 6.07) is 10.1. The van der Waals surface area contributed by atoms with Gasteiger partial charge >= 0.3 is 0 Å². The molecule has 0 saturated carbocycles. The van der Waals surface area contributed by atoms with Crippen molar-refractivity contribution in [2.75, 3.05) is 0 Å². The van der Waals surface area contributed by atoms with Gasteiger partial charge in [-0.1, -0.05) is 30.3 Å². The Labute approximate surface area is 149 Å². The van der Waals surface area contributed by atoms with Gasteiger partial charge in [0.1, 0.15) is 23.7 Å². The highest BCUT2D eigenvalue weighted by molar-refractivity contribution is 9.10. The first-order chi connectivity index (χ1) is 11.4. The monoisotopic (exact) mass is 389 g/mol. The molecule has 0 radical (unpaired) electrons. The van der Waals surface area contributed by atoms with Crippen LogP contribution in [-0.4, -0.2) is 20.6 Å². The Morgan fingerprint density at radius 3 is 2.58 bits per heavy atom. The van der Waals surface area contributed by atoms with Crippen LogP contribution in [0.25, 0.3) is 11.4 Å². The second-order valence-corrected chi connectivity index (χ2v) is 7.37. The molecule has 2 aliphatic heterocycles. The first kappa shape index (κ1) is 16.9. The minimum atomic E-state index is -0.352. The minimum Gasteiger partial charge on any atom is -0.470 e. The Hall–Kier alpha value is -1.92. The normalized spacial score (nSPS) is 11.8. The van der Waals surface area contributed by atoms with Crippen molar-refractivity contribution >= 4 is 15.9 Å². The van der Waals surface area contributed by atoms with E-state index in [1.54, 1.807) is 6.20 Å². The number of benzene rings is 1. The number of aromatic amines is 1. The van der Waals surface area contributed by atoms with Crippen LogP contribution in [0.4, 0.5) is 0 Å². The van der Waals surface area contributed by atoms with E-state index in [1.165, 1.54) is 0 Å². The molecule has 3 rings (SSSR count). The second-order valence-electron chi connectivity index (χ2n) is 6.51. The van der Waals surface area contributed by atoms with Gasteiger partial charge in [0.2, 0.25) is 5.88 Å². The quantitative estimate of drug-likeness (QED) is 0.694. The topological polar surface area (TPSA) is 60.0 Å². The summed E-state index contributed by atoms with van der Waals surface area (Å²) in [4.78, 5) is 12.2. The van der Waals surface area contributed by atoms with Gasteiger partial charge in [0, 0.05) is 6.20 Å². The van der Waals surface area contributed by atoms with E-state index in [9.17, 15) is 0 Å². The summed E-state index contributed by atoms with van der Waals surface area (Å²) in [6.07, 6.45) is 1.74. The molecule has 2 aliphatic rings. The predicted octanol–water partition coefficient (Wildman–Crippen LogP) is 4.57. The van der Waals surface area contributed by atoms with E-state index in [0.29, 0.717) is 30.6 Å². The van der Waals surface area contributed by atoms with E-state index in [2.05, 4.69) is 30.9 Å². The van der Waals surface area contributed by atoms with Crippen LogP contribution in [0.5, 0.6) is 5.88 Å². The Morgan fingerprint density at radius 1 is 1.12 bits per heavy atom. The summed E-state index contributed by atoms with van der Waals surface area (Å²) in [5.74, 6) is 1.21. The number of H-pyrrole nitrogens is 1. The molecule has 0 saturated heterocycles. The zero-order valence-electron chi connectivity index (χ0n) is 14.0. The lowest BCUT2D eigenvalue weighted by atomic mass is 10.2. The van der Waals surface area contributed by atoms with Crippen LogP contribution in [-0.2, 0) is 18.0 Å². The smallest absolute Gasteiger partial charge is 0.244 e. The summed E-state index contributed by atoms with van der Waals surface area (Å²) < 4.78 is 12.6. The number of hydrogen-bond donors (Lipinski definition) is 1. The maximum absolute atomic E-state index is 5.96. The molecule has 1 aromatic rings. The third-order valence-corrected chi connectivity index (χ3v) is 3.85. The lowest BCUT2D eigenvalue weighted by molar-refractivity contribution is 0.0972. The fraction of sp³-hybridized carbons (Fsp3) is 0.333. The fourth-order valence-corrected chi connectivity index (χ4v) is 2.65. The van der Waals surface area contributed by atoms with E-state index in [-0.39, 0.29) is 5.60 Å². The maximum Gasteiger partial charge on any atom is 0.244 e. The maximum atomic E-state index is 5.96. The summed E-state index contributed by atoms with van der Waals surface area (Å²) >= 11 is 3.50. The van der Waals surface area contributed by atoms with E-state index >= 15 is 0 Å². The molecule has 0 amide bonds. The van der Waals surface area contributed by atoms with Crippen LogP contribution in [0.15, 0.2) is 41.0 Å². The molecule has 24 heavy (non-hydrogen) atoms.